The van der Waals surface area contributed by atoms with Gasteiger partial charge in [-0.15, -0.1) is 0 Å². The molecule has 0 aliphatic rings. The molecule has 0 heterocycles. The van der Waals surface area contributed by atoms with E-state index in [2.05, 4.69) is 19.2 Å². The number of nitrogens with two attached hydrogens (primary N) is 1. The largest absolute Gasteiger partial charge is 0.483 e. The highest BCUT2D eigenvalue weighted by Crippen LogP contribution is 2.16. The topological polar surface area (TPSA) is 64.3 Å². The molecule has 0 aliphatic carbocycles. The van der Waals surface area contributed by atoms with Gasteiger partial charge in [-0.05, 0) is 25.3 Å². The Morgan fingerprint density at radius 1 is 1.32 bits per heavy atom. The standard InChI is InChI=1S/C15H24N2O2/c1-11(2)8-12(3)17-15(18)10-19-14-7-5-4-6-13(14)9-16/h4-7,11-12H,8-10,16H2,1-3H3,(H,17,18). The van der Waals surface area contributed by atoms with Crippen LogP contribution in [0.2, 0.25) is 0 Å². The van der Waals surface area contributed by atoms with E-state index in [0.717, 1.165) is 12.0 Å². The van der Waals surface area contributed by atoms with Crippen molar-refractivity contribution in [2.45, 2.75) is 39.8 Å². The van der Waals surface area contributed by atoms with Crippen molar-refractivity contribution in [1.82, 2.24) is 5.32 Å². The Kier molecular flexibility index (Phi) is 6.36. The lowest BCUT2D eigenvalue weighted by molar-refractivity contribution is -0.123. The predicted octanol–water partition coefficient (Wildman–Crippen LogP) is 2.07. The van der Waals surface area contributed by atoms with E-state index in [1.807, 2.05) is 31.2 Å². The monoisotopic (exact) mass is 264 g/mol. The van der Waals surface area contributed by atoms with Gasteiger partial charge >= 0.3 is 0 Å². The highest BCUT2D eigenvalue weighted by atomic mass is 16.5. The normalized spacial score (nSPS) is 12.3. The van der Waals surface area contributed by atoms with Gasteiger partial charge in [-0.2, -0.15) is 0 Å². The van der Waals surface area contributed by atoms with Gasteiger partial charge in [0.15, 0.2) is 6.61 Å². The molecule has 0 saturated carbocycles. The average molecular weight is 264 g/mol. The zero-order valence-corrected chi connectivity index (χ0v) is 12.0. The third-order valence-electron chi connectivity index (χ3n) is 2.78. The predicted molar refractivity (Wildman–Crippen MR) is 76.9 cm³/mol. The number of nitrogens with one attached hydrogen (secondary N) is 1. The summed E-state index contributed by atoms with van der Waals surface area (Å²) in [4.78, 5) is 11.7. The van der Waals surface area contributed by atoms with Crippen LogP contribution in [0.1, 0.15) is 32.8 Å². The van der Waals surface area contributed by atoms with Crippen LogP contribution >= 0.6 is 0 Å². The Labute approximate surface area is 115 Å². The Morgan fingerprint density at radius 3 is 2.63 bits per heavy atom. The zero-order valence-electron chi connectivity index (χ0n) is 12.0. The summed E-state index contributed by atoms with van der Waals surface area (Å²) in [5, 5.41) is 2.92. The summed E-state index contributed by atoms with van der Waals surface area (Å²) >= 11 is 0. The summed E-state index contributed by atoms with van der Waals surface area (Å²) in [5.74, 6) is 1.14. The maximum atomic E-state index is 11.7. The van der Waals surface area contributed by atoms with E-state index in [-0.39, 0.29) is 18.6 Å². The van der Waals surface area contributed by atoms with Crippen LogP contribution in [0.5, 0.6) is 5.75 Å². The molecular formula is C15H24N2O2. The molecule has 0 aliphatic heterocycles. The molecule has 0 bridgehead atoms. The summed E-state index contributed by atoms with van der Waals surface area (Å²) in [6.45, 7) is 6.71. The van der Waals surface area contributed by atoms with Gasteiger partial charge in [0.05, 0.1) is 0 Å². The first-order chi connectivity index (χ1) is 9.02. The minimum atomic E-state index is -0.0972. The second-order valence-corrected chi connectivity index (χ2v) is 5.20. The van der Waals surface area contributed by atoms with Crippen molar-refractivity contribution in [3.8, 4) is 5.75 Å². The van der Waals surface area contributed by atoms with Crippen LogP contribution in [0.15, 0.2) is 24.3 Å². The van der Waals surface area contributed by atoms with Crippen molar-refractivity contribution in [3.05, 3.63) is 29.8 Å². The lowest BCUT2D eigenvalue weighted by Gasteiger charge is -2.16. The number of carbonyl (C=O) groups is 1. The van der Waals surface area contributed by atoms with Crippen LogP contribution in [0.3, 0.4) is 0 Å². The highest BCUT2D eigenvalue weighted by molar-refractivity contribution is 5.77. The average Bonchev–Trinajstić information content (AvgIpc) is 2.35. The maximum absolute atomic E-state index is 11.7. The van der Waals surface area contributed by atoms with Crippen LogP contribution in [-0.2, 0) is 11.3 Å². The molecule has 19 heavy (non-hydrogen) atoms. The molecule has 0 radical (unpaired) electrons. The maximum Gasteiger partial charge on any atom is 0.258 e. The van der Waals surface area contributed by atoms with Gasteiger partial charge < -0.3 is 15.8 Å². The zero-order chi connectivity index (χ0) is 14.3. The molecule has 1 amide bonds. The van der Waals surface area contributed by atoms with Gasteiger partial charge in [0.25, 0.3) is 5.91 Å². The van der Waals surface area contributed by atoms with Gasteiger partial charge in [-0.25, -0.2) is 0 Å². The molecule has 0 aromatic heterocycles. The molecule has 1 rings (SSSR count). The van der Waals surface area contributed by atoms with E-state index in [9.17, 15) is 4.79 Å². The first kappa shape index (κ1) is 15.5. The molecule has 106 valence electrons. The van der Waals surface area contributed by atoms with Crippen molar-refractivity contribution in [3.63, 3.8) is 0 Å². The number of benzene rings is 1. The third-order valence-corrected chi connectivity index (χ3v) is 2.78. The third kappa shape index (κ3) is 5.75. The molecule has 1 aromatic carbocycles. The molecule has 1 aromatic rings. The Morgan fingerprint density at radius 2 is 2.00 bits per heavy atom. The van der Waals surface area contributed by atoms with Gasteiger partial charge in [0.2, 0.25) is 0 Å². The summed E-state index contributed by atoms with van der Waals surface area (Å²) in [5.41, 5.74) is 6.52. The van der Waals surface area contributed by atoms with Crippen LogP contribution in [0.25, 0.3) is 0 Å². The highest BCUT2D eigenvalue weighted by Gasteiger charge is 2.10. The number of rotatable bonds is 7. The number of hydrogen-bond acceptors (Lipinski definition) is 3. The summed E-state index contributed by atoms with van der Waals surface area (Å²) in [7, 11) is 0. The van der Waals surface area contributed by atoms with Gasteiger partial charge in [0.1, 0.15) is 5.75 Å². The number of para-hydroxylation sites is 1. The molecule has 4 heteroatoms. The molecule has 0 fully saturated rings. The van der Waals surface area contributed by atoms with Crippen molar-refractivity contribution in [2.75, 3.05) is 6.61 Å². The fourth-order valence-corrected chi connectivity index (χ4v) is 2.04. The van der Waals surface area contributed by atoms with Crippen molar-refractivity contribution >= 4 is 5.91 Å². The minimum absolute atomic E-state index is 0.0272. The van der Waals surface area contributed by atoms with E-state index in [1.54, 1.807) is 0 Å². The lowest BCUT2D eigenvalue weighted by atomic mass is 10.1. The second kappa shape index (κ2) is 7.79. The van der Waals surface area contributed by atoms with Gasteiger partial charge in [0, 0.05) is 18.2 Å². The SMILES string of the molecule is CC(C)CC(C)NC(=O)COc1ccccc1CN. The van der Waals surface area contributed by atoms with E-state index in [1.165, 1.54) is 0 Å². The van der Waals surface area contributed by atoms with Gasteiger partial charge in [-0.3, -0.25) is 4.79 Å². The number of carbonyl (C=O) groups excluding carboxylic acids is 1. The molecule has 1 unspecified atom stereocenters. The van der Waals surface area contributed by atoms with Crippen molar-refractivity contribution in [2.24, 2.45) is 11.7 Å². The number of amides is 1. The molecule has 1 atom stereocenters. The van der Waals surface area contributed by atoms with Crippen LogP contribution in [0.4, 0.5) is 0 Å². The van der Waals surface area contributed by atoms with E-state index in [4.69, 9.17) is 10.5 Å². The Bertz CT molecular complexity index is 405. The van der Waals surface area contributed by atoms with Crippen LogP contribution in [0, 0.1) is 5.92 Å². The Balaban J connectivity index is 2.41. The van der Waals surface area contributed by atoms with Gasteiger partial charge in [-0.1, -0.05) is 32.0 Å². The van der Waals surface area contributed by atoms with Crippen LogP contribution in [-0.4, -0.2) is 18.6 Å². The second-order valence-electron chi connectivity index (χ2n) is 5.20. The van der Waals surface area contributed by atoms with E-state index >= 15 is 0 Å². The molecule has 4 nitrogen and oxygen atoms in total. The first-order valence-electron chi connectivity index (χ1n) is 6.73. The van der Waals surface area contributed by atoms with Crippen LogP contribution < -0.4 is 15.8 Å². The van der Waals surface area contributed by atoms with E-state index < -0.39 is 0 Å². The van der Waals surface area contributed by atoms with Crippen molar-refractivity contribution < 1.29 is 9.53 Å². The lowest BCUT2D eigenvalue weighted by Crippen LogP contribution is -2.36. The fourth-order valence-electron chi connectivity index (χ4n) is 2.04. The quantitative estimate of drug-likeness (QED) is 0.792. The fraction of sp³-hybridized carbons (Fsp3) is 0.533. The Hall–Kier alpha value is -1.55. The number of hydrogen-bond donors (Lipinski definition) is 2. The molecule has 3 N–H and O–H groups in total. The summed E-state index contributed by atoms with van der Waals surface area (Å²) in [6.07, 6.45) is 0.963. The minimum Gasteiger partial charge on any atom is -0.483 e. The van der Waals surface area contributed by atoms with Crippen molar-refractivity contribution in [1.29, 1.82) is 0 Å². The number of ether oxygens (including phenoxy) is 1. The molecule has 0 spiro atoms. The summed E-state index contributed by atoms with van der Waals surface area (Å²) in [6, 6.07) is 7.66. The molecular weight excluding hydrogens is 240 g/mol. The smallest absolute Gasteiger partial charge is 0.258 e. The van der Waals surface area contributed by atoms with E-state index in [0.29, 0.717) is 18.2 Å². The summed E-state index contributed by atoms with van der Waals surface area (Å²) < 4.78 is 5.50. The molecule has 0 saturated heterocycles. The first-order valence-corrected chi connectivity index (χ1v) is 6.73.